The number of amides is 1. The number of aliphatic hydroxyl groups is 1. The highest BCUT2D eigenvalue weighted by Gasteiger charge is 2.27. The highest BCUT2D eigenvalue weighted by molar-refractivity contribution is 5.94. The number of carbonyl (C=O) groups is 1. The maximum Gasteiger partial charge on any atom is 0.261 e. The van der Waals surface area contributed by atoms with E-state index in [0.717, 1.165) is 18.4 Å². The van der Waals surface area contributed by atoms with Crippen molar-refractivity contribution in [3.05, 3.63) is 58.4 Å². The fourth-order valence-electron chi connectivity index (χ4n) is 3.18. The molecule has 1 unspecified atom stereocenters. The third-order valence-electron chi connectivity index (χ3n) is 4.73. The Morgan fingerprint density at radius 1 is 1.17 bits per heavy atom. The van der Waals surface area contributed by atoms with Crippen LogP contribution in [0.4, 0.5) is 0 Å². The molecule has 5 nitrogen and oxygen atoms in total. The molecule has 1 saturated heterocycles. The summed E-state index contributed by atoms with van der Waals surface area (Å²) in [4.78, 5) is 29.4. The molecule has 0 spiro atoms. The first-order valence-electron chi connectivity index (χ1n) is 8.32. The van der Waals surface area contributed by atoms with Gasteiger partial charge in [0.15, 0.2) is 0 Å². The zero-order valence-electron chi connectivity index (χ0n) is 13.7. The Bertz CT molecular complexity index is 760. The van der Waals surface area contributed by atoms with Crippen molar-refractivity contribution in [2.24, 2.45) is 5.92 Å². The number of nitrogens with one attached hydrogen (secondary N) is 1. The Morgan fingerprint density at radius 2 is 1.83 bits per heavy atom. The molecule has 126 valence electrons. The number of piperidine rings is 1. The molecule has 2 heterocycles. The van der Waals surface area contributed by atoms with E-state index < -0.39 is 0 Å². The third-order valence-corrected chi connectivity index (χ3v) is 4.73. The molecule has 1 atom stereocenters. The maximum atomic E-state index is 12.6. The van der Waals surface area contributed by atoms with Crippen LogP contribution in [0, 0.1) is 5.92 Å². The summed E-state index contributed by atoms with van der Waals surface area (Å²) in [5, 5.41) is 9.64. The number of nitrogens with zero attached hydrogens (tertiary/aromatic N) is 1. The van der Waals surface area contributed by atoms with Gasteiger partial charge in [-0.1, -0.05) is 30.3 Å². The van der Waals surface area contributed by atoms with Crippen molar-refractivity contribution in [2.45, 2.75) is 25.9 Å². The first-order valence-corrected chi connectivity index (χ1v) is 8.32. The average molecular weight is 326 g/mol. The van der Waals surface area contributed by atoms with Gasteiger partial charge in [-0.25, -0.2) is 0 Å². The molecule has 0 bridgehead atoms. The minimum absolute atomic E-state index is 0.171. The fourth-order valence-corrected chi connectivity index (χ4v) is 3.18. The van der Waals surface area contributed by atoms with Crippen molar-refractivity contribution in [3.63, 3.8) is 0 Å². The second-order valence-electron chi connectivity index (χ2n) is 6.35. The summed E-state index contributed by atoms with van der Waals surface area (Å²) >= 11 is 0. The fraction of sp³-hybridized carbons (Fsp3) is 0.368. The normalized spacial score (nSPS) is 16.8. The first kappa shape index (κ1) is 16.5. The molecule has 5 heteroatoms. The lowest BCUT2D eigenvalue weighted by Crippen LogP contribution is -2.42. The van der Waals surface area contributed by atoms with Crippen LogP contribution in [0.15, 0.2) is 47.3 Å². The van der Waals surface area contributed by atoms with Gasteiger partial charge in [0.05, 0.1) is 6.10 Å². The molecule has 1 aliphatic rings. The average Bonchev–Trinajstić information content (AvgIpc) is 2.62. The molecule has 1 amide bonds. The van der Waals surface area contributed by atoms with Crippen LogP contribution in [0.1, 0.15) is 30.1 Å². The van der Waals surface area contributed by atoms with Crippen LogP contribution < -0.4 is 5.56 Å². The molecule has 2 N–H and O–H groups in total. The van der Waals surface area contributed by atoms with Crippen LogP contribution in [0.2, 0.25) is 0 Å². The van der Waals surface area contributed by atoms with Crippen LogP contribution in [0.3, 0.4) is 0 Å². The molecular formula is C19H22N2O3. The minimum Gasteiger partial charge on any atom is -0.393 e. The van der Waals surface area contributed by atoms with E-state index >= 15 is 0 Å². The van der Waals surface area contributed by atoms with E-state index in [-0.39, 0.29) is 29.1 Å². The van der Waals surface area contributed by atoms with Gasteiger partial charge in [-0.05, 0) is 43.4 Å². The van der Waals surface area contributed by atoms with E-state index in [1.165, 1.54) is 0 Å². The summed E-state index contributed by atoms with van der Waals surface area (Å²) in [6.07, 6.45) is 1.18. The molecule has 1 fully saturated rings. The predicted molar refractivity (Wildman–Crippen MR) is 92.8 cm³/mol. The first-order chi connectivity index (χ1) is 11.6. The van der Waals surface area contributed by atoms with E-state index in [1.807, 2.05) is 30.3 Å². The van der Waals surface area contributed by atoms with Crippen molar-refractivity contribution in [1.29, 1.82) is 0 Å². The number of carbonyl (C=O) groups excluding carboxylic acids is 1. The number of aromatic nitrogens is 1. The SMILES string of the molecule is CC(O)C1CCN(C(=O)c2ccc(-c3ccccc3)[nH]c2=O)CC1. The molecule has 0 saturated carbocycles. The van der Waals surface area contributed by atoms with E-state index in [1.54, 1.807) is 24.0 Å². The number of likely N-dealkylation sites (tertiary alicyclic amines) is 1. The quantitative estimate of drug-likeness (QED) is 0.909. The van der Waals surface area contributed by atoms with Crippen LogP contribution in [0.25, 0.3) is 11.3 Å². The zero-order valence-corrected chi connectivity index (χ0v) is 13.7. The molecule has 24 heavy (non-hydrogen) atoms. The van der Waals surface area contributed by atoms with Crippen LogP contribution in [0.5, 0.6) is 0 Å². The van der Waals surface area contributed by atoms with Crippen LogP contribution in [-0.4, -0.2) is 40.1 Å². The van der Waals surface area contributed by atoms with Crippen molar-refractivity contribution >= 4 is 5.91 Å². The number of pyridine rings is 1. The maximum absolute atomic E-state index is 12.6. The predicted octanol–water partition coefficient (Wildman–Crippen LogP) is 2.27. The van der Waals surface area contributed by atoms with Gasteiger partial charge in [-0.3, -0.25) is 9.59 Å². The lowest BCUT2D eigenvalue weighted by Gasteiger charge is -2.33. The van der Waals surface area contributed by atoms with E-state index in [9.17, 15) is 14.7 Å². The van der Waals surface area contributed by atoms with Gasteiger partial charge in [-0.15, -0.1) is 0 Å². The standard InChI is InChI=1S/C19H22N2O3/c1-13(22)14-9-11-21(12-10-14)19(24)16-7-8-17(20-18(16)23)15-5-3-2-4-6-15/h2-8,13-14,22H,9-12H2,1H3,(H,20,23). The Hall–Kier alpha value is -2.40. The molecule has 0 aliphatic carbocycles. The summed E-state index contributed by atoms with van der Waals surface area (Å²) in [5.74, 6) is -0.00676. The van der Waals surface area contributed by atoms with Gasteiger partial charge >= 0.3 is 0 Å². The van der Waals surface area contributed by atoms with Gasteiger partial charge in [0.25, 0.3) is 11.5 Å². The Labute approximate surface area is 140 Å². The molecular weight excluding hydrogens is 304 g/mol. The van der Waals surface area contributed by atoms with Crippen molar-refractivity contribution in [2.75, 3.05) is 13.1 Å². The van der Waals surface area contributed by atoms with E-state index in [2.05, 4.69) is 4.98 Å². The molecule has 1 aromatic carbocycles. The second kappa shape index (κ2) is 7.01. The number of hydrogen-bond donors (Lipinski definition) is 2. The summed E-state index contributed by atoms with van der Waals surface area (Å²) in [7, 11) is 0. The molecule has 2 aromatic rings. The number of benzene rings is 1. The van der Waals surface area contributed by atoms with Crippen LogP contribution >= 0.6 is 0 Å². The largest absolute Gasteiger partial charge is 0.393 e. The summed E-state index contributed by atoms with van der Waals surface area (Å²) in [6, 6.07) is 12.9. The Kier molecular flexibility index (Phi) is 4.81. The minimum atomic E-state index is -0.362. The van der Waals surface area contributed by atoms with E-state index in [4.69, 9.17) is 0 Å². The van der Waals surface area contributed by atoms with Gasteiger partial charge in [-0.2, -0.15) is 0 Å². The third kappa shape index (κ3) is 3.41. The molecule has 1 aliphatic heterocycles. The number of H-pyrrole nitrogens is 1. The monoisotopic (exact) mass is 326 g/mol. The smallest absolute Gasteiger partial charge is 0.261 e. The summed E-state index contributed by atoms with van der Waals surface area (Å²) in [5.41, 5.74) is 1.42. The van der Waals surface area contributed by atoms with Gasteiger partial charge < -0.3 is 15.0 Å². The van der Waals surface area contributed by atoms with Crippen molar-refractivity contribution in [1.82, 2.24) is 9.88 Å². The number of aromatic amines is 1. The highest BCUT2D eigenvalue weighted by atomic mass is 16.3. The Morgan fingerprint density at radius 3 is 2.42 bits per heavy atom. The van der Waals surface area contributed by atoms with Crippen LogP contribution in [-0.2, 0) is 0 Å². The van der Waals surface area contributed by atoms with Gasteiger partial charge in [0, 0.05) is 18.8 Å². The van der Waals surface area contributed by atoms with Gasteiger partial charge in [0.2, 0.25) is 0 Å². The lowest BCUT2D eigenvalue weighted by molar-refractivity contribution is 0.0520. The lowest BCUT2D eigenvalue weighted by atomic mass is 9.92. The molecule has 1 aromatic heterocycles. The molecule has 3 rings (SSSR count). The number of rotatable bonds is 3. The summed E-state index contributed by atoms with van der Waals surface area (Å²) < 4.78 is 0. The highest BCUT2D eigenvalue weighted by Crippen LogP contribution is 2.22. The number of hydrogen-bond acceptors (Lipinski definition) is 3. The topological polar surface area (TPSA) is 73.4 Å². The number of aliphatic hydroxyl groups excluding tert-OH is 1. The van der Waals surface area contributed by atoms with Crippen molar-refractivity contribution in [3.8, 4) is 11.3 Å². The van der Waals surface area contributed by atoms with E-state index in [0.29, 0.717) is 18.8 Å². The van der Waals surface area contributed by atoms with Gasteiger partial charge in [0.1, 0.15) is 5.56 Å². The molecule has 0 radical (unpaired) electrons. The Balaban J connectivity index is 1.76. The van der Waals surface area contributed by atoms with Crippen molar-refractivity contribution < 1.29 is 9.90 Å². The zero-order chi connectivity index (χ0) is 17.1. The second-order valence-corrected chi connectivity index (χ2v) is 6.35. The summed E-state index contributed by atoms with van der Waals surface area (Å²) in [6.45, 7) is 2.94.